The van der Waals surface area contributed by atoms with Crippen molar-refractivity contribution < 1.29 is 18.9 Å². The van der Waals surface area contributed by atoms with E-state index in [0.29, 0.717) is 19.8 Å². The molecular formula is C16H35FO3. The van der Waals surface area contributed by atoms with Crippen molar-refractivity contribution in [2.24, 2.45) is 0 Å². The molecule has 0 aliphatic rings. The van der Waals surface area contributed by atoms with Gasteiger partial charge in [-0.2, -0.15) is 0 Å². The van der Waals surface area contributed by atoms with Crippen LogP contribution in [0.1, 0.15) is 79.1 Å². The summed E-state index contributed by atoms with van der Waals surface area (Å²) >= 11 is 0. The van der Waals surface area contributed by atoms with Crippen molar-refractivity contribution in [3.63, 3.8) is 0 Å². The van der Waals surface area contributed by atoms with Crippen LogP contribution in [0.5, 0.6) is 0 Å². The Balaban J connectivity index is 0. The van der Waals surface area contributed by atoms with Gasteiger partial charge < -0.3 is 14.2 Å². The first-order chi connectivity index (χ1) is 9.24. The van der Waals surface area contributed by atoms with Crippen LogP contribution in [-0.2, 0) is 14.2 Å². The average molecular weight is 294 g/mol. The second-order valence-corrected chi connectivity index (χ2v) is 4.85. The highest BCUT2D eigenvalue weighted by molar-refractivity contribution is 4.59. The first-order valence-corrected chi connectivity index (χ1v) is 8.16. The lowest BCUT2D eigenvalue weighted by atomic mass is 10.1. The summed E-state index contributed by atoms with van der Waals surface area (Å²) in [6.07, 6.45) is 9.85. The van der Waals surface area contributed by atoms with Gasteiger partial charge in [0.05, 0.1) is 0 Å². The average Bonchev–Trinajstić information content (AvgIpc) is 2.39. The summed E-state index contributed by atoms with van der Waals surface area (Å²) in [5.74, 6) is -0.804. The summed E-state index contributed by atoms with van der Waals surface area (Å²) in [5, 5.41) is 0. The molecule has 0 aromatic carbocycles. The molecule has 124 valence electrons. The molecule has 0 amide bonds. The van der Waals surface area contributed by atoms with Crippen molar-refractivity contribution in [2.45, 2.75) is 85.0 Å². The summed E-state index contributed by atoms with van der Waals surface area (Å²) < 4.78 is 17.1. The monoisotopic (exact) mass is 294 g/mol. The number of rotatable bonds is 14. The molecule has 0 saturated carbocycles. The molecule has 0 aromatic rings. The molecule has 0 aromatic heterocycles. The smallest absolute Gasteiger partial charge is 0.282 e. The number of hydrogen-bond acceptors (Lipinski definition) is 3. The van der Waals surface area contributed by atoms with Gasteiger partial charge in [-0.05, 0) is 27.2 Å². The Labute approximate surface area is 124 Å². The van der Waals surface area contributed by atoms with E-state index in [1.807, 2.05) is 20.8 Å². The van der Waals surface area contributed by atoms with Crippen molar-refractivity contribution in [2.75, 3.05) is 19.8 Å². The van der Waals surface area contributed by atoms with E-state index in [1.165, 1.54) is 38.5 Å². The van der Waals surface area contributed by atoms with E-state index in [4.69, 9.17) is 14.2 Å². The zero-order valence-electron chi connectivity index (χ0n) is 13.9. The quantitative estimate of drug-likeness (QED) is 0.332. The Morgan fingerprint density at radius 2 is 1.00 bits per heavy atom. The second-order valence-electron chi connectivity index (χ2n) is 4.85. The minimum atomic E-state index is -0.804. The van der Waals surface area contributed by atoms with Crippen molar-refractivity contribution in [1.82, 2.24) is 0 Å². The molecule has 0 heterocycles. The minimum absolute atomic E-state index is 0. The van der Waals surface area contributed by atoms with E-state index >= 15 is 0 Å². The van der Waals surface area contributed by atoms with Crippen molar-refractivity contribution in [3.05, 3.63) is 0 Å². The fraction of sp³-hybridized carbons (Fsp3) is 1.00. The molecule has 0 atom stereocenters. The molecule has 20 heavy (non-hydrogen) atoms. The molecule has 0 rings (SSSR count). The predicted molar refractivity (Wildman–Crippen MR) is 82.7 cm³/mol. The van der Waals surface area contributed by atoms with Crippen LogP contribution in [0.15, 0.2) is 0 Å². The van der Waals surface area contributed by atoms with Crippen LogP contribution in [0.25, 0.3) is 0 Å². The van der Waals surface area contributed by atoms with Crippen LogP contribution in [0.3, 0.4) is 0 Å². The van der Waals surface area contributed by atoms with E-state index in [-0.39, 0.29) is 4.70 Å². The third kappa shape index (κ3) is 10.6. The molecular weight excluding hydrogens is 259 g/mol. The third-order valence-corrected chi connectivity index (χ3v) is 3.18. The van der Waals surface area contributed by atoms with Crippen molar-refractivity contribution in [3.8, 4) is 0 Å². The number of halogens is 1. The summed E-state index contributed by atoms with van der Waals surface area (Å²) in [6.45, 7) is 10.1. The summed E-state index contributed by atoms with van der Waals surface area (Å²) in [4.78, 5) is 0. The molecule has 0 aliphatic carbocycles. The van der Waals surface area contributed by atoms with E-state index in [9.17, 15) is 0 Å². The molecule has 3 nitrogen and oxygen atoms in total. The van der Waals surface area contributed by atoms with Gasteiger partial charge in [0.2, 0.25) is 0 Å². The van der Waals surface area contributed by atoms with E-state index in [1.54, 1.807) is 0 Å². The maximum atomic E-state index is 5.71. The van der Waals surface area contributed by atoms with Gasteiger partial charge in [-0.3, -0.25) is 4.70 Å². The van der Waals surface area contributed by atoms with Crippen LogP contribution in [0, 0.1) is 0 Å². The maximum absolute atomic E-state index is 5.71. The van der Waals surface area contributed by atoms with Crippen LogP contribution in [-0.4, -0.2) is 25.8 Å². The SMILES string of the molecule is CCCCCCCCCC(OCC)(OCC)OCC.F. The predicted octanol–water partition coefficient (Wildman–Crippen LogP) is 5.04. The molecule has 0 radical (unpaired) electrons. The fourth-order valence-electron chi connectivity index (χ4n) is 2.30. The standard InChI is InChI=1S/C16H34O3.FH/c1-5-9-10-11-12-13-14-15-16(17-6-2,18-7-3)19-8-4;/h5-15H2,1-4H3;1H. The fourth-order valence-corrected chi connectivity index (χ4v) is 2.30. The van der Waals surface area contributed by atoms with Crippen molar-refractivity contribution >= 4 is 0 Å². The van der Waals surface area contributed by atoms with Gasteiger partial charge in [0, 0.05) is 26.2 Å². The molecule has 0 N–H and O–H groups in total. The molecule has 0 aliphatic heterocycles. The Morgan fingerprint density at radius 1 is 0.600 bits per heavy atom. The zero-order valence-corrected chi connectivity index (χ0v) is 13.9. The zero-order chi connectivity index (χ0) is 14.4. The van der Waals surface area contributed by atoms with Crippen LogP contribution < -0.4 is 0 Å². The van der Waals surface area contributed by atoms with Gasteiger partial charge in [0.25, 0.3) is 5.97 Å². The van der Waals surface area contributed by atoms with E-state index < -0.39 is 5.97 Å². The molecule has 4 heteroatoms. The lowest BCUT2D eigenvalue weighted by molar-refractivity contribution is -0.380. The van der Waals surface area contributed by atoms with Gasteiger partial charge in [-0.25, -0.2) is 0 Å². The molecule has 0 fully saturated rings. The molecule has 0 bridgehead atoms. The number of hydrogen-bond donors (Lipinski definition) is 0. The minimum Gasteiger partial charge on any atom is -0.328 e. The summed E-state index contributed by atoms with van der Waals surface area (Å²) in [6, 6.07) is 0. The summed E-state index contributed by atoms with van der Waals surface area (Å²) in [7, 11) is 0. The van der Waals surface area contributed by atoms with E-state index in [2.05, 4.69) is 6.92 Å². The second kappa shape index (κ2) is 15.2. The Kier molecular flexibility index (Phi) is 16.8. The molecule has 0 spiro atoms. The molecule has 0 unspecified atom stereocenters. The first kappa shape index (κ1) is 22.1. The number of unbranched alkanes of at least 4 members (excludes halogenated alkanes) is 6. The Bertz CT molecular complexity index is 172. The highest BCUT2D eigenvalue weighted by atomic mass is 19.0. The number of ether oxygens (including phenoxy) is 3. The Hall–Kier alpha value is -0.190. The van der Waals surface area contributed by atoms with Gasteiger partial charge in [-0.1, -0.05) is 45.4 Å². The normalized spacial score (nSPS) is 11.4. The van der Waals surface area contributed by atoms with Gasteiger partial charge >= 0.3 is 0 Å². The van der Waals surface area contributed by atoms with Crippen LogP contribution in [0.4, 0.5) is 4.70 Å². The maximum Gasteiger partial charge on any atom is 0.282 e. The lowest BCUT2D eigenvalue weighted by Crippen LogP contribution is -2.39. The van der Waals surface area contributed by atoms with Crippen LogP contribution in [0.2, 0.25) is 0 Å². The van der Waals surface area contributed by atoms with Crippen LogP contribution >= 0.6 is 0 Å². The topological polar surface area (TPSA) is 27.7 Å². The highest BCUT2D eigenvalue weighted by Crippen LogP contribution is 2.24. The van der Waals surface area contributed by atoms with Gasteiger partial charge in [0.15, 0.2) is 0 Å². The van der Waals surface area contributed by atoms with Crippen molar-refractivity contribution in [1.29, 1.82) is 0 Å². The van der Waals surface area contributed by atoms with E-state index in [0.717, 1.165) is 12.8 Å². The lowest BCUT2D eigenvalue weighted by Gasteiger charge is -2.32. The highest BCUT2D eigenvalue weighted by Gasteiger charge is 2.31. The largest absolute Gasteiger partial charge is 0.328 e. The van der Waals surface area contributed by atoms with Gasteiger partial charge in [-0.15, -0.1) is 0 Å². The summed E-state index contributed by atoms with van der Waals surface area (Å²) in [5.41, 5.74) is 0. The first-order valence-electron chi connectivity index (χ1n) is 8.16. The Morgan fingerprint density at radius 3 is 1.40 bits per heavy atom. The third-order valence-electron chi connectivity index (χ3n) is 3.18. The molecule has 0 saturated heterocycles. The van der Waals surface area contributed by atoms with Gasteiger partial charge in [0.1, 0.15) is 0 Å².